The van der Waals surface area contributed by atoms with Crippen molar-refractivity contribution in [2.75, 3.05) is 13.1 Å². The Morgan fingerprint density at radius 3 is 2.54 bits per heavy atom. The minimum Gasteiger partial charge on any atom is -0.338 e. The van der Waals surface area contributed by atoms with Gasteiger partial charge in [-0.1, -0.05) is 18.2 Å². The Bertz CT molecular complexity index is 247. The number of carbonyl (C=O) groups is 1. The van der Waals surface area contributed by atoms with Crippen LogP contribution in [0.25, 0.3) is 0 Å². The minimum atomic E-state index is -0.0789. The molecule has 1 amide bonds. The number of hydrogen-bond donors (Lipinski definition) is 0. The molecular formula is C10H14ClNO. The average molecular weight is 200 g/mol. The van der Waals surface area contributed by atoms with Gasteiger partial charge in [0.05, 0.1) is 5.03 Å². The number of rotatable bonds is 2. The van der Waals surface area contributed by atoms with Crippen molar-refractivity contribution in [3.63, 3.8) is 0 Å². The molecule has 1 atom stereocenters. The molecule has 2 fully saturated rings. The Morgan fingerprint density at radius 1 is 1.31 bits per heavy atom. The number of likely N-dealkylation sites (tertiary alicyclic amines) is 1. The fourth-order valence-corrected chi connectivity index (χ4v) is 2.22. The lowest BCUT2D eigenvalue weighted by atomic mass is 10.0. The summed E-state index contributed by atoms with van der Waals surface area (Å²) in [6, 6.07) is 0. The third-order valence-electron chi connectivity index (χ3n) is 3.03. The second-order valence-corrected chi connectivity index (χ2v) is 4.50. The van der Waals surface area contributed by atoms with Gasteiger partial charge in [-0.25, -0.2) is 0 Å². The van der Waals surface area contributed by atoms with Crippen LogP contribution < -0.4 is 0 Å². The Morgan fingerprint density at radius 2 is 2.00 bits per heavy atom. The van der Waals surface area contributed by atoms with Crippen LogP contribution in [0.2, 0.25) is 0 Å². The van der Waals surface area contributed by atoms with Gasteiger partial charge in [-0.2, -0.15) is 0 Å². The van der Waals surface area contributed by atoms with E-state index in [9.17, 15) is 4.79 Å². The van der Waals surface area contributed by atoms with Crippen molar-refractivity contribution in [3.05, 3.63) is 11.6 Å². The zero-order valence-corrected chi connectivity index (χ0v) is 8.39. The molecule has 2 aliphatic rings. The molecule has 1 heterocycles. The van der Waals surface area contributed by atoms with Gasteiger partial charge in [0.2, 0.25) is 0 Å². The van der Waals surface area contributed by atoms with E-state index in [1.54, 1.807) is 0 Å². The number of amides is 1. The second-order valence-electron chi connectivity index (χ2n) is 4.04. The summed E-state index contributed by atoms with van der Waals surface area (Å²) in [5.41, 5.74) is 0. The summed E-state index contributed by atoms with van der Waals surface area (Å²) in [7, 11) is 0. The van der Waals surface area contributed by atoms with Gasteiger partial charge in [0, 0.05) is 13.1 Å². The van der Waals surface area contributed by atoms with Crippen LogP contribution in [0, 0.1) is 11.8 Å². The van der Waals surface area contributed by atoms with E-state index in [0.717, 1.165) is 31.3 Å². The van der Waals surface area contributed by atoms with Crippen LogP contribution in [0.1, 0.15) is 19.3 Å². The summed E-state index contributed by atoms with van der Waals surface area (Å²) in [4.78, 5) is 13.3. The van der Waals surface area contributed by atoms with Gasteiger partial charge in [-0.15, -0.1) is 0 Å². The van der Waals surface area contributed by atoms with E-state index in [-0.39, 0.29) is 10.9 Å². The zero-order valence-electron chi connectivity index (χ0n) is 7.63. The van der Waals surface area contributed by atoms with Gasteiger partial charge in [-0.05, 0) is 31.1 Å². The highest BCUT2D eigenvalue weighted by atomic mass is 35.5. The lowest BCUT2D eigenvalue weighted by Gasteiger charge is -2.15. The molecule has 0 bridgehead atoms. The molecule has 0 aromatic rings. The molecule has 1 saturated heterocycles. The van der Waals surface area contributed by atoms with Crippen LogP contribution >= 0.6 is 11.6 Å². The number of carbonyl (C=O) groups excluding carboxylic acids is 1. The summed E-state index contributed by atoms with van der Waals surface area (Å²) in [6.07, 6.45) is 3.86. The maximum atomic E-state index is 11.4. The minimum absolute atomic E-state index is 0.0789. The monoisotopic (exact) mass is 199 g/mol. The molecule has 0 N–H and O–H groups in total. The summed E-state index contributed by atoms with van der Waals surface area (Å²) in [5, 5.41) is 0.149. The smallest absolute Gasteiger partial charge is 0.264 e. The molecule has 0 aromatic heterocycles. The third-order valence-corrected chi connectivity index (χ3v) is 3.19. The van der Waals surface area contributed by atoms with E-state index >= 15 is 0 Å². The van der Waals surface area contributed by atoms with Crippen LogP contribution in [0.3, 0.4) is 0 Å². The summed E-state index contributed by atoms with van der Waals surface area (Å²) < 4.78 is 0. The Kier molecular flexibility index (Phi) is 2.33. The van der Waals surface area contributed by atoms with Crippen molar-refractivity contribution in [3.8, 4) is 0 Å². The predicted octanol–water partition coefficient (Wildman–Crippen LogP) is 2.00. The van der Waals surface area contributed by atoms with Crippen LogP contribution in [0.4, 0.5) is 0 Å². The molecule has 2 rings (SSSR count). The highest BCUT2D eigenvalue weighted by Crippen LogP contribution is 2.41. The molecule has 0 spiro atoms. The fraction of sp³-hybridized carbons (Fsp3) is 0.700. The van der Waals surface area contributed by atoms with Crippen LogP contribution in [0.5, 0.6) is 0 Å². The first kappa shape index (κ1) is 9.07. The highest BCUT2D eigenvalue weighted by molar-refractivity contribution is 6.41. The molecule has 1 aliphatic heterocycles. The number of nitrogens with zero attached hydrogens (tertiary/aromatic N) is 1. The standard InChI is InChI=1S/C10H14ClNO/c1-7(11)10(13)12-5-4-9(6-12)8-2-3-8/h8-9H,1-6H2. The fourth-order valence-electron chi connectivity index (χ4n) is 2.10. The van der Waals surface area contributed by atoms with Crippen LogP contribution in [0.15, 0.2) is 11.6 Å². The number of halogens is 1. The molecule has 2 nitrogen and oxygen atoms in total. The summed E-state index contributed by atoms with van der Waals surface area (Å²) in [5.74, 6) is 1.55. The first-order valence-electron chi connectivity index (χ1n) is 4.82. The van der Waals surface area contributed by atoms with Crippen molar-refractivity contribution >= 4 is 17.5 Å². The third kappa shape index (κ3) is 1.88. The molecular weight excluding hydrogens is 186 g/mol. The zero-order chi connectivity index (χ0) is 9.42. The van der Waals surface area contributed by atoms with E-state index in [1.165, 1.54) is 12.8 Å². The Hall–Kier alpha value is -0.500. The van der Waals surface area contributed by atoms with Crippen molar-refractivity contribution < 1.29 is 4.79 Å². The second kappa shape index (κ2) is 3.33. The average Bonchev–Trinajstić information content (AvgIpc) is 2.83. The largest absolute Gasteiger partial charge is 0.338 e. The van der Waals surface area contributed by atoms with Gasteiger partial charge in [0.25, 0.3) is 5.91 Å². The molecule has 1 aliphatic carbocycles. The molecule has 13 heavy (non-hydrogen) atoms. The Balaban J connectivity index is 1.89. The first-order chi connectivity index (χ1) is 6.18. The molecule has 72 valence electrons. The van der Waals surface area contributed by atoms with E-state index in [0.29, 0.717) is 0 Å². The maximum absolute atomic E-state index is 11.4. The van der Waals surface area contributed by atoms with Crippen LogP contribution in [-0.2, 0) is 4.79 Å². The lowest BCUT2D eigenvalue weighted by Crippen LogP contribution is -2.28. The lowest BCUT2D eigenvalue weighted by molar-refractivity contribution is -0.125. The van der Waals surface area contributed by atoms with E-state index in [1.807, 2.05) is 4.90 Å². The predicted molar refractivity (Wildman–Crippen MR) is 52.4 cm³/mol. The van der Waals surface area contributed by atoms with Crippen molar-refractivity contribution in [2.45, 2.75) is 19.3 Å². The SMILES string of the molecule is C=C(Cl)C(=O)N1CCC(C2CC2)C1. The molecule has 0 radical (unpaired) electrons. The quantitative estimate of drug-likeness (QED) is 0.623. The molecule has 0 aromatic carbocycles. The van der Waals surface area contributed by atoms with E-state index in [2.05, 4.69) is 6.58 Å². The van der Waals surface area contributed by atoms with Crippen molar-refractivity contribution in [1.29, 1.82) is 0 Å². The first-order valence-corrected chi connectivity index (χ1v) is 5.20. The Labute approximate surface area is 83.5 Å². The maximum Gasteiger partial charge on any atom is 0.264 e. The topological polar surface area (TPSA) is 20.3 Å². The van der Waals surface area contributed by atoms with E-state index in [4.69, 9.17) is 11.6 Å². The summed E-state index contributed by atoms with van der Waals surface area (Å²) >= 11 is 5.57. The van der Waals surface area contributed by atoms with Gasteiger partial charge in [-0.3, -0.25) is 4.79 Å². The van der Waals surface area contributed by atoms with Crippen molar-refractivity contribution in [1.82, 2.24) is 4.90 Å². The van der Waals surface area contributed by atoms with Gasteiger partial charge >= 0.3 is 0 Å². The normalized spacial score (nSPS) is 27.8. The molecule has 1 saturated carbocycles. The van der Waals surface area contributed by atoms with Gasteiger partial charge in [0.1, 0.15) is 0 Å². The highest BCUT2D eigenvalue weighted by Gasteiger charge is 2.37. The molecule has 3 heteroatoms. The molecule has 1 unspecified atom stereocenters. The van der Waals surface area contributed by atoms with Crippen molar-refractivity contribution in [2.24, 2.45) is 11.8 Å². The van der Waals surface area contributed by atoms with E-state index < -0.39 is 0 Å². The van der Waals surface area contributed by atoms with Crippen LogP contribution in [-0.4, -0.2) is 23.9 Å². The van der Waals surface area contributed by atoms with Gasteiger partial charge < -0.3 is 4.90 Å². The number of hydrogen-bond acceptors (Lipinski definition) is 1. The van der Waals surface area contributed by atoms with Gasteiger partial charge in [0.15, 0.2) is 0 Å². The summed E-state index contributed by atoms with van der Waals surface area (Å²) in [6.45, 7) is 5.22.